The Bertz CT molecular complexity index is 886. The normalized spacial score (nSPS) is 13.6. The molecule has 0 unspecified atom stereocenters. The Hall–Kier alpha value is -2.48. The Morgan fingerprint density at radius 2 is 1.83 bits per heavy atom. The summed E-state index contributed by atoms with van der Waals surface area (Å²) >= 11 is 11.9. The molecule has 1 heterocycles. The lowest BCUT2D eigenvalue weighted by Crippen LogP contribution is -2.37. The second-order valence-corrected chi connectivity index (χ2v) is 7.65. The summed E-state index contributed by atoms with van der Waals surface area (Å²) in [5.74, 6) is -0.291. The molecular weight excluding hydrogens is 429 g/mol. The minimum Gasteiger partial charge on any atom is -0.482 e. The minimum absolute atomic E-state index is 0.0955. The molecule has 0 radical (unpaired) electrons. The number of likely N-dealkylation sites (N-methyl/N-ethyl adjacent to an activating group) is 1. The van der Waals surface area contributed by atoms with Gasteiger partial charge in [0.15, 0.2) is 6.61 Å². The van der Waals surface area contributed by atoms with E-state index >= 15 is 0 Å². The van der Waals surface area contributed by atoms with Gasteiger partial charge in [0, 0.05) is 36.5 Å². The number of rotatable bonds is 7. The predicted octanol–water partition coefficient (Wildman–Crippen LogP) is 3.31. The van der Waals surface area contributed by atoms with Crippen LogP contribution in [0, 0.1) is 0 Å². The highest BCUT2D eigenvalue weighted by Crippen LogP contribution is 2.27. The number of halogens is 2. The van der Waals surface area contributed by atoms with Gasteiger partial charge in [0.05, 0.1) is 24.8 Å². The fourth-order valence-corrected chi connectivity index (χ4v) is 3.39. The Morgan fingerprint density at radius 1 is 1.13 bits per heavy atom. The summed E-state index contributed by atoms with van der Waals surface area (Å²) in [6.45, 7) is 2.80. The summed E-state index contributed by atoms with van der Waals surface area (Å²) in [7, 11) is 1.54. The van der Waals surface area contributed by atoms with E-state index in [9.17, 15) is 9.59 Å². The molecule has 7 nitrogen and oxygen atoms in total. The first kappa shape index (κ1) is 22.2. The maximum atomic E-state index is 12.3. The topological polar surface area (TPSA) is 71.1 Å². The van der Waals surface area contributed by atoms with E-state index < -0.39 is 0 Å². The average Bonchev–Trinajstić information content (AvgIpc) is 2.74. The van der Waals surface area contributed by atoms with Crippen LogP contribution in [-0.4, -0.2) is 63.2 Å². The molecule has 2 amide bonds. The lowest BCUT2D eigenvalue weighted by Gasteiger charge is -2.28. The zero-order valence-electron chi connectivity index (χ0n) is 16.6. The van der Waals surface area contributed by atoms with E-state index in [2.05, 4.69) is 10.2 Å². The standard InChI is InChI=1S/C21H23Cl2N3O4/c1-25(21(28)14-30-19-7-2-15(22)12-18(19)23)13-20(27)24-16-3-5-17(6-4-16)26-8-10-29-11-9-26/h2-7,12H,8-11,13-14H2,1H3,(H,24,27). The van der Waals surface area contributed by atoms with Gasteiger partial charge in [0.1, 0.15) is 5.75 Å². The van der Waals surface area contributed by atoms with Crippen molar-refractivity contribution in [1.82, 2.24) is 4.90 Å². The molecule has 1 saturated heterocycles. The number of hydrogen-bond acceptors (Lipinski definition) is 5. The highest BCUT2D eigenvalue weighted by Gasteiger charge is 2.15. The van der Waals surface area contributed by atoms with Crippen molar-refractivity contribution < 1.29 is 19.1 Å². The van der Waals surface area contributed by atoms with Gasteiger partial charge in [-0.2, -0.15) is 0 Å². The number of hydrogen-bond donors (Lipinski definition) is 1. The number of carbonyl (C=O) groups is 2. The van der Waals surface area contributed by atoms with Crippen molar-refractivity contribution in [3.05, 3.63) is 52.5 Å². The van der Waals surface area contributed by atoms with E-state index in [0.29, 0.717) is 34.7 Å². The molecule has 1 aliphatic heterocycles. The van der Waals surface area contributed by atoms with Crippen LogP contribution in [0.4, 0.5) is 11.4 Å². The van der Waals surface area contributed by atoms with Crippen LogP contribution >= 0.6 is 23.2 Å². The van der Waals surface area contributed by atoms with E-state index in [4.69, 9.17) is 32.7 Å². The summed E-state index contributed by atoms with van der Waals surface area (Å²) in [5, 5.41) is 3.59. The maximum Gasteiger partial charge on any atom is 0.260 e. The lowest BCUT2D eigenvalue weighted by molar-refractivity contribution is -0.135. The SMILES string of the molecule is CN(CC(=O)Nc1ccc(N2CCOCC2)cc1)C(=O)COc1ccc(Cl)cc1Cl. The second kappa shape index (κ2) is 10.5. The first-order valence-electron chi connectivity index (χ1n) is 9.47. The van der Waals surface area contributed by atoms with Crippen LogP contribution in [0.1, 0.15) is 0 Å². The molecule has 30 heavy (non-hydrogen) atoms. The first-order chi connectivity index (χ1) is 14.4. The number of carbonyl (C=O) groups excluding carboxylic acids is 2. The second-order valence-electron chi connectivity index (χ2n) is 6.81. The molecule has 0 aliphatic carbocycles. The summed E-state index contributed by atoms with van der Waals surface area (Å²) in [6.07, 6.45) is 0. The molecular formula is C21H23Cl2N3O4. The van der Waals surface area contributed by atoms with Crippen LogP contribution in [-0.2, 0) is 14.3 Å². The third-order valence-electron chi connectivity index (χ3n) is 4.58. The van der Waals surface area contributed by atoms with Crippen LogP contribution in [0.3, 0.4) is 0 Å². The smallest absolute Gasteiger partial charge is 0.260 e. The number of amides is 2. The zero-order chi connectivity index (χ0) is 21.5. The number of anilines is 2. The third-order valence-corrected chi connectivity index (χ3v) is 5.11. The average molecular weight is 452 g/mol. The van der Waals surface area contributed by atoms with E-state index in [1.807, 2.05) is 24.3 Å². The molecule has 9 heteroatoms. The molecule has 1 N–H and O–H groups in total. The van der Waals surface area contributed by atoms with Gasteiger partial charge in [0.2, 0.25) is 5.91 Å². The molecule has 0 atom stereocenters. The zero-order valence-corrected chi connectivity index (χ0v) is 18.1. The summed E-state index contributed by atoms with van der Waals surface area (Å²) in [5.41, 5.74) is 1.75. The monoisotopic (exact) mass is 451 g/mol. The number of ether oxygens (including phenoxy) is 2. The highest BCUT2D eigenvalue weighted by molar-refractivity contribution is 6.35. The Balaban J connectivity index is 1.45. The van der Waals surface area contributed by atoms with Crippen molar-refractivity contribution in [3.8, 4) is 5.75 Å². The van der Waals surface area contributed by atoms with E-state index in [1.54, 1.807) is 12.1 Å². The number of nitrogens with one attached hydrogen (secondary N) is 1. The third kappa shape index (κ3) is 6.26. The van der Waals surface area contributed by atoms with Crippen LogP contribution in [0.5, 0.6) is 5.75 Å². The minimum atomic E-state index is -0.348. The fraction of sp³-hybridized carbons (Fsp3) is 0.333. The number of morpholine rings is 1. The van der Waals surface area contributed by atoms with Crippen molar-refractivity contribution in [3.63, 3.8) is 0 Å². The van der Waals surface area contributed by atoms with Crippen molar-refractivity contribution in [1.29, 1.82) is 0 Å². The van der Waals surface area contributed by atoms with Gasteiger partial charge in [-0.05, 0) is 42.5 Å². The molecule has 2 aromatic rings. The summed E-state index contributed by atoms with van der Waals surface area (Å²) < 4.78 is 10.8. The largest absolute Gasteiger partial charge is 0.482 e. The Morgan fingerprint density at radius 3 is 2.50 bits per heavy atom. The van der Waals surface area contributed by atoms with Gasteiger partial charge >= 0.3 is 0 Å². The van der Waals surface area contributed by atoms with Crippen LogP contribution < -0.4 is 15.0 Å². The van der Waals surface area contributed by atoms with Gasteiger partial charge in [0.25, 0.3) is 5.91 Å². The van der Waals surface area contributed by atoms with Gasteiger partial charge in [-0.25, -0.2) is 0 Å². The van der Waals surface area contributed by atoms with Crippen LogP contribution in [0.2, 0.25) is 10.0 Å². The molecule has 1 aliphatic rings. The van der Waals surface area contributed by atoms with E-state index in [-0.39, 0.29) is 25.0 Å². The maximum absolute atomic E-state index is 12.3. The van der Waals surface area contributed by atoms with Gasteiger partial charge < -0.3 is 24.6 Å². The van der Waals surface area contributed by atoms with E-state index in [1.165, 1.54) is 18.0 Å². The lowest BCUT2D eigenvalue weighted by atomic mass is 10.2. The first-order valence-corrected chi connectivity index (χ1v) is 10.2. The molecule has 0 bridgehead atoms. The van der Waals surface area contributed by atoms with E-state index in [0.717, 1.165) is 18.8 Å². The summed E-state index contributed by atoms with van der Waals surface area (Å²) in [4.78, 5) is 28.0. The van der Waals surface area contributed by atoms with Crippen LogP contribution in [0.25, 0.3) is 0 Å². The number of nitrogens with zero attached hydrogens (tertiary/aromatic N) is 2. The molecule has 0 spiro atoms. The summed E-state index contributed by atoms with van der Waals surface area (Å²) in [6, 6.07) is 12.3. The van der Waals surface area contributed by atoms with Gasteiger partial charge in [-0.1, -0.05) is 23.2 Å². The van der Waals surface area contributed by atoms with Crippen LogP contribution in [0.15, 0.2) is 42.5 Å². The fourth-order valence-electron chi connectivity index (χ4n) is 2.92. The molecule has 0 saturated carbocycles. The van der Waals surface area contributed by atoms with Crippen molar-refractivity contribution in [2.75, 3.05) is 56.7 Å². The highest BCUT2D eigenvalue weighted by atomic mass is 35.5. The van der Waals surface area contributed by atoms with Crippen molar-refractivity contribution >= 4 is 46.4 Å². The Labute approximate surface area is 185 Å². The predicted molar refractivity (Wildman–Crippen MR) is 118 cm³/mol. The quantitative estimate of drug-likeness (QED) is 0.698. The molecule has 160 valence electrons. The molecule has 2 aromatic carbocycles. The molecule has 0 aromatic heterocycles. The number of benzene rings is 2. The van der Waals surface area contributed by atoms with Crippen molar-refractivity contribution in [2.45, 2.75) is 0 Å². The van der Waals surface area contributed by atoms with Crippen molar-refractivity contribution in [2.24, 2.45) is 0 Å². The van der Waals surface area contributed by atoms with Gasteiger partial charge in [-0.3, -0.25) is 9.59 Å². The molecule has 3 rings (SSSR count). The van der Waals surface area contributed by atoms with Gasteiger partial charge in [-0.15, -0.1) is 0 Å². The molecule has 1 fully saturated rings. The Kier molecular flexibility index (Phi) is 7.79.